The molecule has 2 aromatic carbocycles. The minimum absolute atomic E-state index is 0.317. The molecule has 0 atom stereocenters. The molecule has 0 aliphatic heterocycles. The Morgan fingerprint density at radius 1 is 0.789 bits per heavy atom. The summed E-state index contributed by atoms with van der Waals surface area (Å²) in [5.74, 6) is -0.633. The molecule has 0 fully saturated rings. The third kappa shape index (κ3) is 2.90. The molecule has 0 unspecified atom stereocenters. The molecule has 0 nitrogen and oxygen atoms in total. The van der Waals surface area contributed by atoms with Gasteiger partial charge in [-0.1, -0.05) is 26.0 Å². The Kier molecular flexibility index (Phi) is 4.11. The number of hydrogen-bond acceptors (Lipinski definition) is 0. The van der Waals surface area contributed by atoms with Gasteiger partial charge in [0.1, 0.15) is 11.6 Å². The topological polar surface area (TPSA) is 0 Å². The summed E-state index contributed by atoms with van der Waals surface area (Å²) < 4.78 is 28.1. The van der Waals surface area contributed by atoms with Crippen LogP contribution in [0.3, 0.4) is 0 Å². The van der Waals surface area contributed by atoms with Crippen molar-refractivity contribution in [2.75, 3.05) is 0 Å². The van der Waals surface area contributed by atoms with Crippen LogP contribution < -0.4 is 0 Å². The van der Waals surface area contributed by atoms with E-state index < -0.39 is 5.41 Å². The first-order chi connectivity index (χ1) is 8.82. The van der Waals surface area contributed by atoms with Crippen LogP contribution >= 0.6 is 31.9 Å². The summed E-state index contributed by atoms with van der Waals surface area (Å²) in [6.45, 7) is 3.89. The molecule has 0 saturated heterocycles. The lowest BCUT2D eigenvalue weighted by Crippen LogP contribution is -2.19. The molecule has 2 rings (SSSR count). The average Bonchev–Trinajstić information content (AvgIpc) is 2.35. The van der Waals surface area contributed by atoms with Crippen LogP contribution in [-0.2, 0) is 5.41 Å². The Bertz CT molecular complexity index is 568. The Balaban J connectivity index is 2.51. The van der Waals surface area contributed by atoms with Gasteiger partial charge >= 0.3 is 0 Å². The van der Waals surface area contributed by atoms with E-state index in [2.05, 4.69) is 31.9 Å². The van der Waals surface area contributed by atoms with E-state index >= 15 is 0 Å². The largest absolute Gasteiger partial charge is 0.206 e. The van der Waals surface area contributed by atoms with Gasteiger partial charge in [0.15, 0.2) is 0 Å². The van der Waals surface area contributed by atoms with Gasteiger partial charge in [0.05, 0.1) is 8.95 Å². The maximum absolute atomic E-state index is 13.6. The summed E-state index contributed by atoms with van der Waals surface area (Å²) in [6.07, 6.45) is 0. The molecule has 0 radical (unpaired) electrons. The zero-order valence-electron chi connectivity index (χ0n) is 10.5. The van der Waals surface area contributed by atoms with Crippen molar-refractivity contribution in [2.24, 2.45) is 0 Å². The molecule has 0 saturated carbocycles. The third-order valence-corrected chi connectivity index (χ3v) is 4.57. The van der Waals surface area contributed by atoms with E-state index in [1.54, 1.807) is 12.1 Å². The average molecular weight is 390 g/mol. The van der Waals surface area contributed by atoms with Crippen LogP contribution in [0.25, 0.3) is 0 Å². The van der Waals surface area contributed by atoms with Gasteiger partial charge in [0, 0.05) is 5.41 Å². The van der Waals surface area contributed by atoms with Crippen molar-refractivity contribution in [2.45, 2.75) is 19.3 Å². The van der Waals surface area contributed by atoms with Gasteiger partial charge in [-0.25, -0.2) is 8.78 Å². The van der Waals surface area contributed by atoms with Crippen LogP contribution in [0.2, 0.25) is 0 Å². The molecular formula is C15H12Br2F2. The summed E-state index contributed by atoms with van der Waals surface area (Å²) in [5.41, 5.74) is 1.13. The smallest absolute Gasteiger partial charge is 0.137 e. The van der Waals surface area contributed by atoms with Crippen molar-refractivity contribution < 1.29 is 8.78 Å². The predicted octanol–water partition coefficient (Wildman–Crippen LogP) is 5.82. The fourth-order valence-electron chi connectivity index (χ4n) is 1.94. The molecule has 0 aliphatic rings. The standard InChI is InChI=1S/C15H12Br2F2/c1-15(2,9-3-5-11(16)13(18)7-9)10-4-6-12(17)14(19)8-10/h3-8H,1-2H3. The van der Waals surface area contributed by atoms with Gasteiger partial charge in [-0.3, -0.25) is 0 Å². The number of hydrogen-bond donors (Lipinski definition) is 0. The number of benzene rings is 2. The number of halogens is 4. The quantitative estimate of drug-likeness (QED) is 0.607. The zero-order chi connectivity index (χ0) is 14.2. The summed E-state index contributed by atoms with van der Waals surface area (Å²) in [5, 5.41) is 0. The van der Waals surface area contributed by atoms with Gasteiger partial charge in [-0.15, -0.1) is 0 Å². The van der Waals surface area contributed by atoms with Gasteiger partial charge in [0.25, 0.3) is 0 Å². The van der Waals surface area contributed by atoms with Crippen molar-refractivity contribution in [1.82, 2.24) is 0 Å². The summed E-state index contributed by atoms with van der Waals surface area (Å²) in [6, 6.07) is 9.97. The van der Waals surface area contributed by atoms with E-state index in [0.717, 1.165) is 11.1 Å². The van der Waals surface area contributed by atoms with E-state index in [9.17, 15) is 8.78 Å². The lowest BCUT2D eigenvalue weighted by molar-refractivity contribution is 0.584. The highest BCUT2D eigenvalue weighted by molar-refractivity contribution is 9.10. The van der Waals surface area contributed by atoms with Gasteiger partial charge < -0.3 is 0 Å². The predicted molar refractivity (Wildman–Crippen MR) is 80.3 cm³/mol. The van der Waals surface area contributed by atoms with Gasteiger partial charge in [-0.05, 0) is 67.3 Å². The lowest BCUT2D eigenvalue weighted by atomic mass is 9.78. The van der Waals surface area contributed by atoms with Crippen molar-refractivity contribution in [3.8, 4) is 0 Å². The minimum Gasteiger partial charge on any atom is -0.206 e. The molecule has 4 heteroatoms. The summed E-state index contributed by atoms with van der Waals surface area (Å²) >= 11 is 6.26. The molecule has 0 aromatic heterocycles. The van der Waals surface area contributed by atoms with E-state index in [0.29, 0.717) is 8.95 Å². The SMILES string of the molecule is CC(C)(c1ccc(Br)c(F)c1)c1ccc(Br)c(F)c1. The van der Waals surface area contributed by atoms with Crippen molar-refractivity contribution in [1.29, 1.82) is 0 Å². The van der Waals surface area contributed by atoms with E-state index in [4.69, 9.17) is 0 Å². The highest BCUT2D eigenvalue weighted by atomic mass is 79.9. The minimum atomic E-state index is -0.469. The molecular weight excluding hydrogens is 378 g/mol. The first kappa shape index (κ1) is 14.7. The molecule has 0 bridgehead atoms. The maximum Gasteiger partial charge on any atom is 0.137 e. The van der Waals surface area contributed by atoms with Crippen molar-refractivity contribution in [3.63, 3.8) is 0 Å². The molecule has 0 aliphatic carbocycles. The van der Waals surface area contributed by atoms with Crippen molar-refractivity contribution >= 4 is 31.9 Å². The Labute approximate surface area is 128 Å². The van der Waals surface area contributed by atoms with Crippen LogP contribution in [-0.4, -0.2) is 0 Å². The van der Waals surface area contributed by atoms with E-state index in [1.165, 1.54) is 12.1 Å². The first-order valence-corrected chi connectivity index (χ1v) is 7.32. The summed E-state index contributed by atoms with van der Waals surface area (Å²) in [4.78, 5) is 0. The molecule has 0 heterocycles. The van der Waals surface area contributed by atoms with Crippen LogP contribution in [0.15, 0.2) is 45.3 Å². The maximum atomic E-state index is 13.6. The van der Waals surface area contributed by atoms with Crippen LogP contribution in [0.1, 0.15) is 25.0 Å². The lowest BCUT2D eigenvalue weighted by Gasteiger charge is -2.26. The van der Waals surface area contributed by atoms with Crippen molar-refractivity contribution in [3.05, 3.63) is 68.1 Å². The Morgan fingerprint density at radius 2 is 1.16 bits per heavy atom. The molecule has 0 spiro atoms. The highest BCUT2D eigenvalue weighted by Gasteiger charge is 2.24. The highest BCUT2D eigenvalue weighted by Crippen LogP contribution is 2.34. The molecule has 100 valence electrons. The Morgan fingerprint density at radius 3 is 1.47 bits per heavy atom. The monoisotopic (exact) mass is 388 g/mol. The second-order valence-electron chi connectivity index (χ2n) is 4.88. The zero-order valence-corrected chi connectivity index (χ0v) is 13.6. The van der Waals surface area contributed by atoms with Crippen LogP contribution in [0, 0.1) is 11.6 Å². The number of rotatable bonds is 2. The molecule has 0 N–H and O–H groups in total. The summed E-state index contributed by atoms with van der Waals surface area (Å²) in [7, 11) is 0. The van der Waals surface area contributed by atoms with Crippen LogP contribution in [0.4, 0.5) is 8.78 Å². The van der Waals surface area contributed by atoms with Gasteiger partial charge in [-0.2, -0.15) is 0 Å². The third-order valence-electron chi connectivity index (χ3n) is 3.28. The molecule has 19 heavy (non-hydrogen) atoms. The first-order valence-electron chi connectivity index (χ1n) is 5.73. The fraction of sp³-hybridized carbons (Fsp3) is 0.200. The molecule has 0 amide bonds. The van der Waals surface area contributed by atoms with Gasteiger partial charge in [0.2, 0.25) is 0 Å². The Hall–Kier alpha value is -0.740. The van der Waals surface area contributed by atoms with Crippen LogP contribution in [0.5, 0.6) is 0 Å². The second-order valence-corrected chi connectivity index (χ2v) is 6.59. The van der Waals surface area contributed by atoms with E-state index in [-0.39, 0.29) is 11.6 Å². The normalized spacial score (nSPS) is 11.7. The molecule has 2 aromatic rings. The van der Waals surface area contributed by atoms with E-state index in [1.807, 2.05) is 26.0 Å². The second kappa shape index (κ2) is 5.33. The fourth-order valence-corrected chi connectivity index (χ4v) is 2.43.